The standard InChI is InChI=1S/C22H39NO5/c1-2-3-4-5-6-7-8-9-16(24)10-11-17-18-14-20(19(18)15-21(17)25)23-28-13-12-22(26)27/h16-18,21,23-25H,2-15H2,1H3,(H,26,27). The molecule has 6 nitrogen and oxygen atoms in total. The van der Waals surface area contributed by atoms with Crippen molar-refractivity contribution in [2.75, 3.05) is 6.61 Å². The van der Waals surface area contributed by atoms with E-state index in [0.29, 0.717) is 12.3 Å². The summed E-state index contributed by atoms with van der Waals surface area (Å²) < 4.78 is 0. The summed E-state index contributed by atoms with van der Waals surface area (Å²) in [4.78, 5) is 15.7. The van der Waals surface area contributed by atoms with Crippen molar-refractivity contribution in [1.29, 1.82) is 0 Å². The van der Waals surface area contributed by atoms with Crippen LogP contribution in [-0.4, -0.2) is 40.1 Å². The smallest absolute Gasteiger partial charge is 0.305 e. The highest BCUT2D eigenvalue weighted by molar-refractivity contribution is 5.66. The van der Waals surface area contributed by atoms with Crippen molar-refractivity contribution in [3.8, 4) is 0 Å². The van der Waals surface area contributed by atoms with Crippen LogP contribution in [0.25, 0.3) is 0 Å². The molecule has 0 aromatic carbocycles. The van der Waals surface area contributed by atoms with E-state index in [9.17, 15) is 15.0 Å². The number of carboxylic acids is 1. The summed E-state index contributed by atoms with van der Waals surface area (Å²) in [5.41, 5.74) is 5.08. The third-order valence-corrected chi connectivity index (χ3v) is 6.29. The predicted octanol–water partition coefficient (Wildman–Crippen LogP) is 3.92. The molecule has 2 aliphatic rings. The van der Waals surface area contributed by atoms with E-state index >= 15 is 0 Å². The molecule has 2 rings (SSSR count). The number of hydrogen-bond donors (Lipinski definition) is 4. The molecule has 0 spiro atoms. The van der Waals surface area contributed by atoms with Gasteiger partial charge < -0.3 is 15.3 Å². The van der Waals surface area contributed by atoms with Gasteiger partial charge in [-0.15, -0.1) is 0 Å². The van der Waals surface area contributed by atoms with Gasteiger partial charge in [0.05, 0.1) is 25.2 Å². The van der Waals surface area contributed by atoms with Crippen molar-refractivity contribution in [3.05, 3.63) is 11.3 Å². The minimum atomic E-state index is -0.877. The van der Waals surface area contributed by atoms with Gasteiger partial charge in [-0.2, -0.15) is 0 Å². The highest BCUT2D eigenvalue weighted by atomic mass is 16.6. The molecule has 0 heterocycles. The Morgan fingerprint density at radius 3 is 2.57 bits per heavy atom. The zero-order valence-electron chi connectivity index (χ0n) is 17.4. The van der Waals surface area contributed by atoms with Gasteiger partial charge in [0.2, 0.25) is 0 Å². The molecular formula is C22H39NO5. The number of rotatable bonds is 16. The Hall–Kier alpha value is -1.11. The lowest BCUT2D eigenvalue weighted by Crippen LogP contribution is -2.31. The van der Waals surface area contributed by atoms with Crippen molar-refractivity contribution >= 4 is 5.97 Å². The van der Waals surface area contributed by atoms with Crippen LogP contribution >= 0.6 is 0 Å². The normalized spacial score (nSPS) is 24.8. The Morgan fingerprint density at radius 2 is 1.86 bits per heavy atom. The molecular weight excluding hydrogens is 358 g/mol. The second-order valence-corrected chi connectivity index (χ2v) is 8.49. The third kappa shape index (κ3) is 7.37. The number of allylic oxidation sites excluding steroid dienone is 1. The number of hydroxylamine groups is 1. The molecule has 0 bridgehead atoms. The Kier molecular flexibility index (Phi) is 10.3. The lowest BCUT2D eigenvalue weighted by atomic mass is 9.77. The molecule has 6 heteroatoms. The number of fused-ring (bicyclic) bond motifs is 1. The number of carbonyl (C=O) groups is 1. The lowest BCUT2D eigenvalue weighted by Gasteiger charge is -2.32. The van der Waals surface area contributed by atoms with Gasteiger partial charge in [0.15, 0.2) is 0 Å². The summed E-state index contributed by atoms with van der Waals surface area (Å²) in [5, 5.41) is 29.3. The Balaban J connectivity index is 1.59. The highest BCUT2D eigenvalue weighted by Crippen LogP contribution is 2.50. The first kappa shape index (κ1) is 23.2. The molecule has 0 amide bonds. The number of nitrogens with one attached hydrogen (secondary N) is 1. The van der Waals surface area contributed by atoms with Gasteiger partial charge in [-0.1, -0.05) is 51.9 Å². The van der Waals surface area contributed by atoms with E-state index in [1.165, 1.54) is 44.1 Å². The Bertz CT molecular complexity index is 507. The van der Waals surface area contributed by atoms with Crippen molar-refractivity contribution < 1.29 is 25.0 Å². The van der Waals surface area contributed by atoms with Gasteiger partial charge in [-0.25, -0.2) is 0 Å². The molecule has 0 aromatic heterocycles. The molecule has 4 atom stereocenters. The Morgan fingerprint density at radius 1 is 1.14 bits per heavy atom. The van der Waals surface area contributed by atoms with Crippen LogP contribution in [0.1, 0.15) is 90.4 Å². The van der Waals surface area contributed by atoms with Crippen LogP contribution in [0, 0.1) is 11.8 Å². The second kappa shape index (κ2) is 12.5. The summed E-state index contributed by atoms with van der Waals surface area (Å²) >= 11 is 0. The van der Waals surface area contributed by atoms with E-state index in [2.05, 4.69) is 12.4 Å². The van der Waals surface area contributed by atoms with Gasteiger partial charge in [-0.05, 0) is 49.5 Å². The van der Waals surface area contributed by atoms with E-state index in [1.807, 2.05) is 0 Å². The van der Waals surface area contributed by atoms with Crippen LogP contribution in [0.15, 0.2) is 11.3 Å². The molecule has 4 unspecified atom stereocenters. The monoisotopic (exact) mass is 397 g/mol. The molecule has 4 N–H and O–H groups in total. The van der Waals surface area contributed by atoms with E-state index in [-0.39, 0.29) is 31.2 Å². The van der Waals surface area contributed by atoms with Gasteiger partial charge in [0, 0.05) is 5.70 Å². The van der Waals surface area contributed by atoms with E-state index in [0.717, 1.165) is 37.8 Å². The van der Waals surface area contributed by atoms with Crippen LogP contribution in [0.3, 0.4) is 0 Å². The molecule has 1 fully saturated rings. The number of hydrogen-bond acceptors (Lipinski definition) is 5. The highest BCUT2D eigenvalue weighted by Gasteiger charge is 2.45. The minimum absolute atomic E-state index is 0.0269. The van der Waals surface area contributed by atoms with E-state index in [4.69, 9.17) is 9.94 Å². The predicted molar refractivity (Wildman–Crippen MR) is 108 cm³/mol. The molecule has 0 aliphatic heterocycles. The number of aliphatic hydroxyl groups excluding tert-OH is 2. The van der Waals surface area contributed by atoms with Crippen molar-refractivity contribution in [1.82, 2.24) is 5.48 Å². The minimum Gasteiger partial charge on any atom is -0.481 e. The maximum absolute atomic E-state index is 10.5. The van der Waals surface area contributed by atoms with Crippen LogP contribution in [0.2, 0.25) is 0 Å². The molecule has 0 saturated heterocycles. The Labute approximate surface area is 169 Å². The van der Waals surface area contributed by atoms with Gasteiger partial charge in [0.25, 0.3) is 0 Å². The number of aliphatic carboxylic acids is 1. The van der Waals surface area contributed by atoms with Crippen LogP contribution in [-0.2, 0) is 9.63 Å². The topological polar surface area (TPSA) is 99.0 Å². The summed E-state index contributed by atoms with van der Waals surface area (Å²) in [5.74, 6) is -0.271. The molecule has 1 saturated carbocycles. The zero-order valence-corrected chi connectivity index (χ0v) is 17.4. The third-order valence-electron chi connectivity index (χ3n) is 6.29. The first-order chi connectivity index (χ1) is 13.5. The number of unbranched alkanes of at least 4 members (excludes halogenated alkanes) is 6. The van der Waals surface area contributed by atoms with Crippen LogP contribution < -0.4 is 5.48 Å². The summed E-state index contributed by atoms with van der Waals surface area (Å²) in [6.45, 7) is 2.36. The second-order valence-electron chi connectivity index (χ2n) is 8.49. The van der Waals surface area contributed by atoms with Gasteiger partial charge in [-0.3, -0.25) is 15.1 Å². The quantitative estimate of drug-likeness (QED) is 0.233. The first-order valence-electron chi connectivity index (χ1n) is 11.2. The molecule has 162 valence electrons. The molecule has 0 aromatic rings. The fourth-order valence-corrected chi connectivity index (χ4v) is 4.54. The largest absolute Gasteiger partial charge is 0.481 e. The van der Waals surface area contributed by atoms with Crippen LogP contribution in [0.4, 0.5) is 0 Å². The fourth-order valence-electron chi connectivity index (χ4n) is 4.54. The number of carboxylic acid groups (broad SMARTS) is 1. The fraction of sp³-hybridized carbons (Fsp3) is 0.864. The van der Waals surface area contributed by atoms with Gasteiger partial charge >= 0.3 is 5.97 Å². The van der Waals surface area contributed by atoms with E-state index < -0.39 is 5.97 Å². The zero-order chi connectivity index (χ0) is 20.4. The maximum Gasteiger partial charge on any atom is 0.305 e. The molecule has 28 heavy (non-hydrogen) atoms. The first-order valence-corrected chi connectivity index (χ1v) is 11.2. The summed E-state index contributed by atoms with van der Waals surface area (Å²) in [7, 11) is 0. The maximum atomic E-state index is 10.5. The SMILES string of the molecule is CCCCCCCCCC(O)CCC1C(O)CC2=C(NOCCC(=O)O)CC21. The summed E-state index contributed by atoms with van der Waals surface area (Å²) in [6.07, 6.45) is 12.2. The van der Waals surface area contributed by atoms with Gasteiger partial charge in [0.1, 0.15) is 0 Å². The average molecular weight is 398 g/mol. The molecule has 2 aliphatic carbocycles. The van der Waals surface area contributed by atoms with E-state index in [1.54, 1.807) is 0 Å². The molecule has 0 radical (unpaired) electrons. The van der Waals surface area contributed by atoms with Crippen molar-refractivity contribution in [3.63, 3.8) is 0 Å². The van der Waals surface area contributed by atoms with Crippen molar-refractivity contribution in [2.45, 2.75) is 103 Å². The lowest BCUT2D eigenvalue weighted by molar-refractivity contribution is -0.138. The van der Waals surface area contributed by atoms with Crippen molar-refractivity contribution in [2.24, 2.45) is 11.8 Å². The summed E-state index contributed by atoms with van der Waals surface area (Å²) in [6, 6.07) is 0. The van der Waals surface area contributed by atoms with Crippen LogP contribution in [0.5, 0.6) is 0 Å². The average Bonchev–Trinajstić information content (AvgIpc) is 2.89. The number of aliphatic hydroxyl groups is 2.